The van der Waals surface area contributed by atoms with Crippen molar-refractivity contribution >= 4 is 23.5 Å². The van der Waals surface area contributed by atoms with Gasteiger partial charge in [-0.15, -0.1) is 10.2 Å². The summed E-state index contributed by atoms with van der Waals surface area (Å²) in [5.41, 5.74) is 0. The second-order valence-electron chi connectivity index (χ2n) is 8.89. The molecule has 0 radical (unpaired) electrons. The lowest BCUT2D eigenvalue weighted by Gasteiger charge is -2.43. The molecule has 35 heavy (non-hydrogen) atoms. The highest BCUT2D eigenvalue weighted by atomic mass is 16.5. The first kappa shape index (κ1) is 24.6. The highest BCUT2D eigenvalue weighted by molar-refractivity contribution is 5.97. The van der Waals surface area contributed by atoms with E-state index in [1.54, 1.807) is 26.0 Å². The summed E-state index contributed by atoms with van der Waals surface area (Å²) in [6.45, 7) is 9.90. The molecule has 0 saturated carbocycles. The van der Waals surface area contributed by atoms with Crippen LogP contribution in [0.15, 0.2) is 21.2 Å². The Bertz CT molecular complexity index is 1120. The van der Waals surface area contributed by atoms with Gasteiger partial charge >= 0.3 is 0 Å². The van der Waals surface area contributed by atoms with Gasteiger partial charge in [0.15, 0.2) is 11.6 Å². The number of fused-ring (bicyclic) bond motifs is 1. The topological polar surface area (TPSA) is 144 Å². The number of rotatable bonds is 9. The van der Waals surface area contributed by atoms with E-state index in [-0.39, 0.29) is 17.9 Å². The number of aromatic nitrogens is 5. The molecule has 0 spiro atoms. The molecule has 4 heterocycles. The van der Waals surface area contributed by atoms with E-state index in [2.05, 4.69) is 35.7 Å². The zero-order valence-corrected chi connectivity index (χ0v) is 20.7. The van der Waals surface area contributed by atoms with Crippen molar-refractivity contribution in [3.05, 3.63) is 35.3 Å². The minimum absolute atomic E-state index is 0.0818. The van der Waals surface area contributed by atoms with Gasteiger partial charge in [0.2, 0.25) is 11.8 Å². The molecule has 0 aliphatic carbocycles. The molecule has 0 bridgehead atoms. The smallest absolute Gasteiger partial charge is 0.242 e. The molecular formula is C23H32N8O4. The lowest BCUT2D eigenvalue weighted by atomic mass is 9.97. The summed E-state index contributed by atoms with van der Waals surface area (Å²) in [6, 6.07) is 2.09. The number of carbonyl (C=O) groups is 2. The van der Waals surface area contributed by atoms with Crippen molar-refractivity contribution in [1.82, 2.24) is 30.0 Å². The molecule has 3 atom stereocenters. The molecule has 0 fully saturated rings. The third-order valence-corrected chi connectivity index (χ3v) is 6.39. The summed E-state index contributed by atoms with van der Waals surface area (Å²) >= 11 is 0. The molecular weight excluding hydrogens is 452 g/mol. The molecule has 3 aromatic heterocycles. The van der Waals surface area contributed by atoms with Crippen LogP contribution in [0.1, 0.15) is 56.3 Å². The molecule has 3 aromatic rings. The number of carbonyl (C=O) groups excluding carboxylic acids is 2. The fraction of sp³-hybridized carbons (Fsp3) is 0.565. The summed E-state index contributed by atoms with van der Waals surface area (Å²) in [5.74, 6) is 3.15. The third-order valence-electron chi connectivity index (χ3n) is 6.39. The van der Waals surface area contributed by atoms with Crippen LogP contribution in [0.3, 0.4) is 0 Å². The van der Waals surface area contributed by atoms with Crippen LogP contribution in [0.25, 0.3) is 0 Å². The van der Waals surface area contributed by atoms with Crippen LogP contribution in [0.4, 0.5) is 11.6 Å². The molecule has 2 N–H and O–H groups in total. The van der Waals surface area contributed by atoms with Crippen molar-refractivity contribution in [3.63, 3.8) is 0 Å². The van der Waals surface area contributed by atoms with Crippen LogP contribution in [-0.2, 0) is 22.6 Å². The van der Waals surface area contributed by atoms with Gasteiger partial charge < -0.3 is 24.2 Å². The van der Waals surface area contributed by atoms with E-state index in [9.17, 15) is 9.59 Å². The van der Waals surface area contributed by atoms with Crippen molar-refractivity contribution in [1.29, 1.82) is 0 Å². The molecule has 2 amide bonds. The number of nitrogens with one attached hydrogen (secondary N) is 2. The second kappa shape index (κ2) is 10.4. The fourth-order valence-electron chi connectivity index (χ4n) is 4.75. The molecule has 0 saturated heterocycles. The predicted octanol–water partition coefficient (Wildman–Crippen LogP) is 2.63. The van der Waals surface area contributed by atoms with Crippen molar-refractivity contribution in [2.45, 2.75) is 85.0 Å². The van der Waals surface area contributed by atoms with Gasteiger partial charge in [0.1, 0.15) is 23.2 Å². The summed E-state index contributed by atoms with van der Waals surface area (Å²) in [4.78, 5) is 29.0. The SMILES string of the molecule is CC[C@H](C(=O)Nc1cc(C)on1)N([C@H]1CCc2nnc(C)n2C1)[C@H](CC)C(=O)Nc1cc(C)on1. The van der Waals surface area contributed by atoms with E-state index < -0.39 is 12.1 Å². The predicted molar refractivity (Wildman–Crippen MR) is 127 cm³/mol. The number of hydrogen-bond acceptors (Lipinski definition) is 9. The summed E-state index contributed by atoms with van der Waals surface area (Å²) in [5, 5.41) is 22.0. The second-order valence-corrected chi connectivity index (χ2v) is 8.89. The highest BCUT2D eigenvalue weighted by Gasteiger charge is 2.40. The quantitative estimate of drug-likeness (QED) is 0.468. The van der Waals surface area contributed by atoms with Gasteiger partial charge in [-0.3, -0.25) is 14.5 Å². The van der Waals surface area contributed by atoms with Crippen molar-refractivity contribution in [2.24, 2.45) is 0 Å². The first-order valence-electron chi connectivity index (χ1n) is 11.9. The zero-order chi connectivity index (χ0) is 25.1. The lowest BCUT2D eigenvalue weighted by Crippen LogP contribution is -2.59. The third kappa shape index (κ3) is 5.26. The van der Waals surface area contributed by atoms with Crippen LogP contribution in [0.2, 0.25) is 0 Å². The molecule has 1 aliphatic rings. The van der Waals surface area contributed by atoms with E-state index in [0.29, 0.717) is 49.0 Å². The Morgan fingerprint density at radius 3 is 2.00 bits per heavy atom. The number of nitrogens with zero attached hydrogens (tertiary/aromatic N) is 6. The van der Waals surface area contributed by atoms with Crippen molar-refractivity contribution < 1.29 is 18.6 Å². The Hall–Kier alpha value is -3.54. The van der Waals surface area contributed by atoms with Crippen LogP contribution < -0.4 is 10.6 Å². The van der Waals surface area contributed by atoms with Crippen LogP contribution in [0.5, 0.6) is 0 Å². The standard InChI is InChI=1S/C23H32N8O4/c1-6-17(22(32)24-19-10-13(3)34-28-19)31(16-8-9-21-27-26-15(5)30(21)12-16)18(7-2)23(33)25-20-11-14(4)35-29-20/h10-11,16-18H,6-9,12H2,1-5H3,(H,24,28,32)(H,25,29,33)/t16-,17+,18+/m0/s1. The molecule has 188 valence electrons. The largest absolute Gasteiger partial charge is 0.360 e. The van der Waals surface area contributed by atoms with Crippen LogP contribution in [0, 0.1) is 20.8 Å². The molecule has 12 heteroatoms. The van der Waals surface area contributed by atoms with Gasteiger partial charge in [0.25, 0.3) is 0 Å². The Kier molecular flexibility index (Phi) is 7.29. The number of hydrogen-bond donors (Lipinski definition) is 2. The van der Waals surface area contributed by atoms with Crippen LogP contribution >= 0.6 is 0 Å². The molecule has 4 rings (SSSR count). The van der Waals surface area contributed by atoms with Gasteiger partial charge in [-0.1, -0.05) is 24.2 Å². The Morgan fingerprint density at radius 2 is 1.54 bits per heavy atom. The van der Waals surface area contributed by atoms with E-state index in [0.717, 1.165) is 18.1 Å². The summed E-state index contributed by atoms with van der Waals surface area (Å²) in [6.07, 6.45) is 2.46. The summed E-state index contributed by atoms with van der Waals surface area (Å²) in [7, 11) is 0. The van der Waals surface area contributed by atoms with Gasteiger partial charge in [-0.2, -0.15) is 0 Å². The maximum absolute atomic E-state index is 13.5. The van der Waals surface area contributed by atoms with Crippen molar-refractivity contribution in [3.8, 4) is 0 Å². The average molecular weight is 485 g/mol. The van der Waals surface area contributed by atoms with Gasteiger partial charge in [-0.05, 0) is 40.0 Å². The summed E-state index contributed by atoms with van der Waals surface area (Å²) < 4.78 is 12.3. The van der Waals surface area contributed by atoms with Gasteiger partial charge in [-0.25, -0.2) is 0 Å². The first-order chi connectivity index (χ1) is 16.8. The maximum Gasteiger partial charge on any atom is 0.242 e. The van der Waals surface area contributed by atoms with Crippen molar-refractivity contribution in [2.75, 3.05) is 10.6 Å². The lowest BCUT2D eigenvalue weighted by molar-refractivity contribution is -0.130. The van der Waals surface area contributed by atoms with E-state index >= 15 is 0 Å². The highest BCUT2D eigenvalue weighted by Crippen LogP contribution is 2.27. The average Bonchev–Trinajstić information content (AvgIpc) is 3.54. The molecule has 12 nitrogen and oxygen atoms in total. The van der Waals surface area contributed by atoms with Gasteiger partial charge in [0.05, 0.1) is 12.1 Å². The number of aryl methyl sites for hydroxylation is 4. The van der Waals surface area contributed by atoms with E-state index in [1.807, 2.05) is 25.7 Å². The Balaban J connectivity index is 1.65. The zero-order valence-electron chi connectivity index (χ0n) is 20.7. The van der Waals surface area contributed by atoms with Crippen LogP contribution in [-0.4, -0.2) is 59.9 Å². The fourth-order valence-corrected chi connectivity index (χ4v) is 4.75. The van der Waals surface area contributed by atoms with E-state index in [1.165, 1.54) is 0 Å². The Labute approximate surface area is 203 Å². The van der Waals surface area contributed by atoms with E-state index in [4.69, 9.17) is 9.05 Å². The number of amides is 2. The monoisotopic (exact) mass is 484 g/mol. The Morgan fingerprint density at radius 1 is 1.00 bits per heavy atom. The minimum atomic E-state index is -0.579. The normalized spacial score (nSPS) is 17.1. The minimum Gasteiger partial charge on any atom is -0.360 e. The van der Waals surface area contributed by atoms with Gasteiger partial charge in [0, 0.05) is 31.1 Å². The number of anilines is 2. The molecule has 1 aliphatic heterocycles. The molecule has 0 aromatic carbocycles. The first-order valence-corrected chi connectivity index (χ1v) is 11.9. The maximum atomic E-state index is 13.5. The molecule has 0 unspecified atom stereocenters.